The molecule has 0 unspecified atom stereocenters. The quantitative estimate of drug-likeness (QED) is 0.682. The van der Waals surface area contributed by atoms with E-state index in [2.05, 4.69) is 12.1 Å². The normalized spacial score (nSPS) is 11.2. The molecule has 2 heteroatoms. The lowest BCUT2D eigenvalue weighted by Crippen LogP contribution is -1.91. The zero-order valence-corrected chi connectivity index (χ0v) is 6.91. The van der Waals surface area contributed by atoms with Gasteiger partial charge >= 0.3 is 0 Å². The van der Waals surface area contributed by atoms with E-state index in [-0.39, 0.29) is 6.61 Å². The van der Waals surface area contributed by atoms with Gasteiger partial charge in [-0.05, 0) is 32.1 Å². The van der Waals surface area contributed by atoms with Crippen LogP contribution in [0.4, 0.5) is 0 Å². The number of aliphatic hydroxyl groups is 1. The van der Waals surface area contributed by atoms with Gasteiger partial charge in [0.25, 0.3) is 0 Å². The first kappa shape index (κ1) is 8.08. The third-order valence-electron chi connectivity index (χ3n) is 1.69. The van der Waals surface area contributed by atoms with Gasteiger partial charge < -0.3 is 9.67 Å². The van der Waals surface area contributed by atoms with Crippen molar-refractivity contribution in [2.45, 2.75) is 13.8 Å². The Hall–Kier alpha value is -1.02. The Labute approximate surface area is 66.8 Å². The minimum Gasteiger partial charge on any atom is -0.392 e. The van der Waals surface area contributed by atoms with Gasteiger partial charge in [-0.2, -0.15) is 0 Å². The van der Waals surface area contributed by atoms with E-state index in [0.29, 0.717) is 0 Å². The average Bonchev–Trinajstić information content (AvgIpc) is 2.29. The van der Waals surface area contributed by atoms with Gasteiger partial charge in [0.15, 0.2) is 0 Å². The number of aromatic nitrogens is 1. The van der Waals surface area contributed by atoms with E-state index >= 15 is 0 Å². The Morgan fingerprint density at radius 3 is 2.36 bits per heavy atom. The zero-order chi connectivity index (χ0) is 8.27. The Kier molecular flexibility index (Phi) is 2.49. The van der Waals surface area contributed by atoms with Crippen LogP contribution >= 0.6 is 0 Å². The number of nitrogens with zero attached hydrogens (tertiary/aromatic N) is 1. The first-order valence-electron chi connectivity index (χ1n) is 3.67. The van der Waals surface area contributed by atoms with Crippen LogP contribution in [0.3, 0.4) is 0 Å². The van der Waals surface area contributed by atoms with Crippen LogP contribution in [0, 0.1) is 13.8 Å². The summed E-state index contributed by atoms with van der Waals surface area (Å²) in [6.07, 6.45) is 3.60. The standard InChI is InChI=1S/C9H13NO/c1-8-4-5-9(2)10(8)6-3-7-11/h3-6,11H,7H2,1-2H3/b6-3-. The van der Waals surface area contributed by atoms with E-state index < -0.39 is 0 Å². The number of hydrogen-bond acceptors (Lipinski definition) is 1. The van der Waals surface area contributed by atoms with Gasteiger partial charge in [0.05, 0.1) is 6.61 Å². The van der Waals surface area contributed by atoms with Crippen molar-refractivity contribution in [2.24, 2.45) is 0 Å². The van der Waals surface area contributed by atoms with Crippen molar-refractivity contribution in [3.8, 4) is 0 Å². The summed E-state index contributed by atoms with van der Waals surface area (Å²) in [5.74, 6) is 0. The highest BCUT2D eigenvalue weighted by atomic mass is 16.2. The third kappa shape index (κ3) is 1.71. The van der Waals surface area contributed by atoms with Crippen LogP contribution in [-0.4, -0.2) is 16.3 Å². The van der Waals surface area contributed by atoms with Crippen LogP contribution in [0.5, 0.6) is 0 Å². The van der Waals surface area contributed by atoms with Crippen molar-refractivity contribution in [2.75, 3.05) is 6.61 Å². The molecule has 1 rings (SSSR count). The molecular formula is C9H13NO. The van der Waals surface area contributed by atoms with Crippen LogP contribution in [0.1, 0.15) is 11.4 Å². The molecule has 2 nitrogen and oxygen atoms in total. The fourth-order valence-electron chi connectivity index (χ4n) is 1.07. The second-order valence-electron chi connectivity index (χ2n) is 2.55. The van der Waals surface area contributed by atoms with Crippen molar-refractivity contribution in [3.63, 3.8) is 0 Å². The first-order chi connectivity index (χ1) is 5.25. The molecule has 11 heavy (non-hydrogen) atoms. The molecule has 0 atom stereocenters. The predicted molar refractivity (Wildman–Crippen MR) is 46.3 cm³/mol. The molecule has 1 heterocycles. The van der Waals surface area contributed by atoms with Crippen molar-refractivity contribution in [1.29, 1.82) is 0 Å². The van der Waals surface area contributed by atoms with E-state index in [0.717, 1.165) is 0 Å². The van der Waals surface area contributed by atoms with E-state index in [1.54, 1.807) is 6.08 Å². The first-order valence-corrected chi connectivity index (χ1v) is 3.67. The average molecular weight is 151 g/mol. The highest BCUT2D eigenvalue weighted by molar-refractivity contribution is 5.31. The lowest BCUT2D eigenvalue weighted by Gasteiger charge is -2.00. The predicted octanol–water partition coefficient (Wildman–Crippen LogP) is 1.57. The molecule has 0 spiro atoms. The summed E-state index contributed by atoms with van der Waals surface area (Å²) in [4.78, 5) is 0. The van der Waals surface area contributed by atoms with Crippen molar-refractivity contribution in [1.82, 2.24) is 4.57 Å². The van der Waals surface area contributed by atoms with Gasteiger partial charge in [-0.3, -0.25) is 0 Å². The molecule has 1 aromatic rings. The van der Waals surface area contributed by atoms with E-state index in [9.17, 15) is 0 Å². The van der Waals surface area contributed by atoms with E-state index in [1.807, 2.05) is 24.6 Å². The summed E-state index contributed by atoms with van der Waals surface area (Å²) in [7, 11) is 0. The molecule has 0 amide bonds. The van der Waals surface area contributed by atoms with E-state index in [4.69, 9.17) is 5.11 Å². The molecule has 0 fully saturated rings. The summed E-state index contributed by atoms with van der Waals surface area (Å²) >= 11 is 0. The highest BCUT2D eigenvalue weighted by Gasteiger charge is 1.94. The third-order valence-corrected chi connectivity index (χ3v) is 1.69. The van der Waals surface area contributed by atoms with E-state index in [1.165, 1.54) is 11.4 Å². The number of rotatable bonds is 2. The summed E-state index contributed by atoms with van der Waals surface area (Å²) in [5.41, 5.74) is 2.37. The molecule has 0 saturated carbocycles. The minimum atomic E-state index is 0.0943. The number of aryl methyl sites for hydroxylation is 2. The van der Waals surface area contributed by atoms with Crippen LogP contribution in [0.25, 0.3) is 6.20 Å². The Bertz CT molecular complexity index is 241. The summed E-state index contributed by atoms with van der Waals surface area (Å²) < 4.78 is 2.04. The maximum absolute atomic E-state index is 8.55. The number of hydrogen-bond donors (Lipinski definition) is 1. The molecule has 0 aliphatic heterocycles. The van der Waals surface area contributed by atoms with Gasteiger partial charge in [-0.1, -0.05) is 0 Å². The summed E-state index contributed by atoms with van der Waals surface area (Å²) in [6, 6.07) is 4.11. The molecule has 60 valence electrons. The summed E-state index contributed by atoms with van der Waals surface area (Å²) in [5, 5.41) is 8.55. The molecule has 0 saturated heterocycles. The van der Waals surface area contributed by atoms with Crippen LogP contribution < -0.4 is 0 Å². The van der Waals surface area contributed by atoms with Crippen LogP contribution in [-0.2, 0) is 0 Å². The molecule has 0 aliphatic carbocycles. The van der Waals surface area contributed by atoms with Crippen LogP contribution in [0.15, 0.2) is 18.2 Å². The van der Waals surface area contributed by atoms with Gasteiger partial charge in [-0.25, -0.2) is 0 Å². The van der Waals surface area contributed by atoms with Gasteiger partial charge in [-0.15, -0.1) is 0 Å². The van der Waals surface area contributed by atoms with Crippen molar-refractivity contribution >= 4 is 6.20 Å². The monoisotopic (exact) mass is 151 g/mol. The topological polar surface area (TPSA) is 25.2 Å². The molecule has 0 bridgehead atoms. The SMILES string of the molecule is Cc1ccc(C)n1/C=C\CO. The maximum atomic E-state index is 8.55. The van der Waals surface area contributed by atoms with Gasteiger partial charge in [0.2, 0.25) is 0 Å². The summed E-state index contributed by atoms with van der Waals surface area (Å²) in [6.45, 7) is 4.17. The molecule has 0 aromatic carbocycles. The molecule has 0 aliphatic rings. The Morgan fingerprint density at radius 1 is 1.36 bits per heavy atom. The van der Waals surface area contributed by atoms with Crippen LogP contribution in [0.2, 0.25) is 0 Å². The lowest BCUT2D eigenvalue weighted by atomic mass is 10.5. The van der Waals surface area contributed by atoms with Gasteiger partial charge in [0, 0.05) is 17.6 Å². The molecular weight excluding hydrogens is 138 g/mol. The molecule has 0 radical (unpaired) electrons. The second-order valence-corrected chi connectivity index (χ2v) is 2.55. The van der Waals surface area contributed by atoms with Crippen molar-refractivity contribution in [3.05, 3.63) is 29.6 Å². The lowest BCUT2D eigenvalue weighted by molar-refractivity contribution is 0.343. The van der Waals surface area contributed by atoms with Gasteiger partial charge in [0.1, 0.15) is 0 Å². The Morgan fingerprint density at radius 2 is 1.91 bits per heavy atom. The largest absolute Gasteiger partial charge is 0.392 e. The van der Waals surface area contributed by atoms with Crippen molar-refractivity contribution < 1.29 is 5.11 Å². The zero-order valence-electron chi connectivity index (χ0n) is 6.91. The molecule has 1 aromatic heterocycles. The number of aliphatic hydroxyl groups excluding tert-OH is 1. The fourth-order valence-corrected chi connectivity index (χ4v) is 1.07. The highest BCUT2D eigenvalue weighted by Crippen LogP contribution is 2.06. The second kappa shape index (κ2) is 3.39. The Balaban J connectivity index is 2.92. The maximum Gasteiger partial charge on any atom is 0.0629 e. The minimum absolute atomic E-state index is 0.0943. The smallest absolute Gasteiger partial charge is 0.0629 e. The molecule has 1 N–H and O–H groups in total. The fraction of sp³-hybridized carbons (Fsp3) is 0.333.